The fourth-order valence-corrected chi connectivity index (χ4v) is 3.59. The van der Waals surface area contributed by atoms with Crippen molar-refractivity contribution in [2.24, 2.45) is 11.7 Å². The Balaban J connectivity index is 1.56. The molecule has 2 saturated heterocycles. The second-order valence-electron chi connectivity index (χ2n) is 6.63. The highest BCUT2D eigenvalue weighted by Crippen LogP contribution is 2.20. The third-order valence-electron chi connectivity index (χ3n) is 4.90. The number of rotatable bonds is 7. The van der Waals surface area contributed by atoms with Gasteiger partial charge in [0.2, 0.25) is 0 Å². The van der Waals surface area contributed by atoms with Crippen LogP contribution in [-0.2, 0) is 0 Å². The van der Waals surface area contributed by atoms with Crippen molar-refractivity contribution in [2.45, 2.75) is 57.9 Å². The molecule has 2 N–H and O–H groups in total. The lowest BCUT2D eigenvalue weighted by Crippen LogP contribution is -2.39. The van der Waals surface area contributed by atoms with Crippen LogP contribution >= 0.6 is 0 Å². The van der Waals surface area contributed by atoms with Gasteiger partial charge in [-0.2, -0.15) is 0 Å². The Morgan fingerprint density at radius 2 is 1.68 bits per heavy atom. The first-order valence-corrected chi connectivity index (χ1v) is 8.48. The third kappa shape index (κ3) is 5.41. The molecule has 0 aromatic heterocycles. The highest BCUT2D eigenvalue weighted by atomic mass is 15.2. The van der Waals surface area contributed by atoms with Crippen molar-refractivity contribution in [3.05, 3.63) is 0 Å². The summed E-state index contributed by atoms with van der Waals surface area (Å²) < 4.78 is 0. The van der Waals surface area contributed by atoms with Crippen LogP contribution in [0.5, 0.6) is 0 Å². The maximum Gasteiger partial charge on any atom is 0.00509 e. The minimum absolute atomic E-state index is 0.423. The van der Waals surface area contributed by atoms with Crippen molar-refractivity contribution in [3.8, 4) is 0 Å². The summed E-state index contributed by atoms with van der Waals surface area (Å²) in [5.74, 6) is 0.957. The van der Waals surface area contributed by atoms with E-state index in [4.69, 9.17) is 5.73 Å². The first-order valence-electron chi connectivity index (χ1n) is 8.48. The van der Waals surface area contributed by atoms with Crippen LogP contribution in [-0.4, -0.2) is 55.1 Å². The van der Waals surface area contributed by atoms with Crippen LogP contribution in [0.15, 0.2) is 0 Å². The van der Waals surface area contributed by atoms with E-state index in [0.29, 0.717) is 6.04 Å². The minimum atomic E-state index is 0.423. The Bertz CT molecular complexity index is 230. The molecule has 2 rings (SSSR count). The van der Waals surface area contributed by atoms with E-state index in [1.165, 1.54) is 84.2 Å². The molecule has 2 aliphatic heterocycles. The van der Waals surface area contributed by atoms with Gasteiger partial charge in [0.25, 0.3) is 0 Å². The molecule has 3 heteroatoms. The Morgan fingerprint density at radius 1 is 1.00 bits per heavy atom. The summed E-state index contributed by atoms with van der Waals surface area (Å²) in [6.45, 7) is 10.1. The summed E-state index contributed by atoms with van der Waals surface area (Å²) in [5.41, 5.74) is 6.10. The van der Waals surface area contributed by atoms with Gasteiger partial charge in [-0.3, -0.25) is 0 Å². The van der Waals surface area contributed by atoms with Gasteiger partial charge in [0, 0.05) is 12.6 Å². The molecule has 0 bridgehead atoms. The van der Waals surface area contributed by atoms with Crippen molar-refractivity contribution in [2.75, 3.05) is 39.3 Å². The van der Waals surface area contributed by atoms with E-state index >= 15 is 0 Å². The van der Waals surface area contributed by atoms with Crippen LogP contribution in [0.2, 0.25) is 0 Å². The Labute approximate surface area is 119 Å². The lowest BCUT2D eigenvalue weighted by Gasteiger charge is -2.34. The number of nitrogens with two attached hydrogens (primary N) is 1. The molecule has 19 heavy (non-hydrogen) atoms. The van der Waals surface area contributed by atoms with E-state index in [0.717, 1.165) is 5.92 Å². The average Bonchev–Trinajstić information content (AvgIpc) is 2.91. The van der Waals surface area contributed by atoms with Crippen LogP contribution in [0, 0.1) is 5.92 Å². The van der Waals surface area contributed by atoms with Crippen LogP contribution in [0.1, 0.15) is 51.9 Å². The van der Waals surface area contributed by atoms with E-state index < -0.39 is 0 Å². The SMILES string of the molecule is CCCC(N)CCN1CCC(CN2CCCC2)CC1. The van der Waals surface area contributed by atoms with Crippen molar-refractivity contribution < 1.29 is 0 Å². The van der Waals surface area contributed by atoms with Crippen molar-refractivity contribution in [3.63, 3.8) is 0 Å². The Kier molecular flexibility index (Phi) is 6.62. The molecule has 0 radical (unpaired) electrons. The minimum Gasteiger partial charge on any atom is -0.328 e. The van der Waals surface area contributed by atoms with Crippen LogP contribution in [0.25, 0.3) is 0 Å². The van der Waals surface area contributed by atoms with Crippen molar-refractivity contribution in [1.29, 1.82) is 0 Å². The van der Waals surface area contributed by atoms with Gasteiger partial charge in [0.05, 0.1) is 0 Å². The fraction of sp³-hybridized carbons (Fsp3) is 1.00. The molecule has 0 amide bonds. The predicted molar refractivity (Wildman–Crippen MR) is 82.3 cm³/mol. The first-order chi connectivity index (χ1) is 9.28. The Morgan fingerprint density at radius 3 is 2.32 bits per heavy atom. The molecule has 0 aromatic carbocycles. The van der Waals surface area contributed by atoms with Gasteiger partial charge in [-0.05, 0) is 77.2 Å². The molecule has 1 atom stereocenters. The van der Waals surface area contributed by atoms with Crippen LogP contribution in [0.3, 0.4) is 0 Å². The second-order valence-corrected chi connectivity index (χ2v) is 6.63. The smallest absolute Gasteiger partial charge is 0.00509 e. The molecule has 0 spiro atoms. The fourth-order valence-electron chi connectivity index (χ4n) is 3.59. The summed E-state index contributed by atoms with van der Waals surface area (Å²) in [6.07, 6.45) is 9.25. The Hall–Kier alpha value is -0.120. The number of hydrogen-bond acceptors (Lipinski definition) is 3. The lowest BCUT2D eigenvalue weighted by atomic mass is 9.96. The quantitative estimate of drug-likeness (QED) is 0.768. The molecule has 0 saturated carbocycles. The van der Waals surface area contributed by atoms with Crippen molar-refractivity contribution >= 4 is 0 Å². The normalized spacial score (nSPS) is 24.9. The molecule has 2 heterocycles. The van der Waals surface area contributed by atoms with Crippen LogP contribution in [0.4, 0.5) is 0 Å². The molecule has 3 nitrogen and oxygen atoms in total. The van der Waals surface area contributed by atoms with Crippen molar-refractivity contribution in [1.82, 2.24) is 9.80 Å². The molecular formula is C16H33N3. The zero-order valence-electron chi connectivity index (χ0n) is 12.8. The standard InChI is InChI=1S/C16H33N3/c1-2-5-16(17)8-13-18-11-6-15(7-12-18)14-19-9-3-4-10-19/h15-16H,2-14,17H2,1H3. The largest absolute Gasteiger partial charge is 0.328 e. The summed E-state index contributed by atoms with van der Waals surface area (Å²) in [4.78, 5) is 5.31. The first kappa shape index (κ1) is 15.3. The summed E-state index contributed by atoms with van der Waals surface area (Å²) in [7, 11) is 0. The summed E-state index contributed by atoms with van der Waals surface area (Å²) in [5, 5.41) is 0. The van der Waals surface area contributed by atoms with E-state index in [9.17, 15) is 0 Å². The highest BCUT2D eigenvalue weighted by molar-refractivity contribution is 4.77. The molecule has 0 aliphatic carbocycles. The lowest BCUT2D eigenvalue weighted by molar-refractivity contribution is 0.150. The molecule has 2 fully saturated rings. The molecule has 1 unspecified atom stereocenters. The zero-order chi connectivity index (χ0) is 13.5. The second kappa shape index (κ2) is 8.23. The molecule has 2 aliphatic rings. The van der Waals surface area contributed by atoms with Gasteiger partial charge >= 0.3 is 0 Å². The topological polar surface area (TPSA) is 32.5 Å². The van der Waals surface area contributed by atoms with Gasteiger partial charge in [0.1, 0.15) is 0 Å². The number of piperidine rings is 1. The highest BCUT2D eigenvalue weighted by Gasteiger charge is 2.22. The maximum atomic E-state index is 6.10. The van der Waals surface area contributed by atoms with E-state index in [1.54, 1.807) is 0 Å². The van der Waals surface area contributed by atoms with Gasteiger partial charge in [-0.15, -0.1) is 0 Å². The number of hydrogen-bond donors (Lipinski definition) is 1. The monoisotopic (exact) mass is 267 g/mol. The van der Waals surface area contributed by atoms with Gasteiger partial charge in [0.15, 0.2) is 0 Å². The van der Waals surface area contributed by atoms with Crippen LogP contribution < -0.4 is 5.73 Å². The van der Waals surface area contributed by atoms with Gasteiger partial charge in [-0.25, -0.2) is 0 Å². The molecular weight excluding hydrogens is 234 g/mol. The van der Waals surface area contributed by atoms with Gasteiger partial charge < -0.3 is 15.5 Å². The van der Waals surface area contributed by atoms with E-state index in [2.05, 4.69) is 16.7 Å². The number of likely N-dealkylation sites (tertiary alicyclic amines) is 2. The average molecular weight is 267 g/mol. The van der Waals surface area contributed by atoms with E-state index in [1.807, 2.05) is 0 Å². The predicted octanol–water partition coefficient (Wildman–Crippen LogP) is 2.31. The number of nitrogens with zero attached hydrogens (tertiary/aromatic N) is 2. The molecule has 0 aromatic rings. The third-order valence-corrected chi connectivity index (χ3v) is 4.90. The maximum absolute atomic E-state index is 6.10. The summed E-state index contributed by atoms with van der Waals surface area (Å²) >= 11 is 0. The van der Waals surface area contributed by atoms with E-state index in [-0.39, 0.29) is 0 Å². The van der Waals surface area contributed by atoms with Gasteiger partial charge in [-0.1, -0.05) is 13.3 Å². The molecule has 112 valence electrons. The summed E-state index contributed by atoms with van der Waals surface area (Å²) in [6, 6.07) is 0.423. The zero-order valence-corrected chi connectivity index (χ0v) is 12.8.